The number of rotatable bonds is 14. The number of allylic oxidation sites excluding steroid dienone is 7. The Labute approximate surface area is 234 Å². The smallest absolute Gasteiger partial charge is 0.203 e. The number of methoxy groups -OCH3 is 3. The van der Waals surface area contributed by atoms with Gasteiger partial charge >= 0.3 is 0 Å². The third kappa shape index (κ3) is 15.6. The van der Waals surface area contributed by atoms with E-state index < -0.39 is 0 Å². The zero-order valence-corrected chi connectivity index (χ0v) is 23.9. The van der Waals surface area contributed by atoms with Gasteiger partial charge in [-0.05, 0) is 67.4 Å². The molecule has 1 N–H and O–H groups in total. The predicted molar refractivity (Wildman–Crippen MR) is 163 cm³/mol. The second kappa shape index (κ2) is 23.0. The Balaban J connectivity index is 0.000000571. The van der Waals surface area contributed by atoms with E-state index in [1.807, 2.05) is 62.5 Å². The molecular formula is C33H43NO5. The number of benzene rings is 2. The molecule has 0 aliphatic heterocycles. The minimum Gasteiger partial charge on any atom is -0.493 e. The normalized spacial score (nSPS) is 10.5. The molecule has 2 rings (SSSR count). The Morgan fingerprint density at radius 1 is 0.974 bits per heavy atom. The molecule has 0 aliphatic carbocycles. The van der Waals surface area contributed by atoms with Crippen molar-refractivity contribution >= 4 is 18.1 Å². The summed E-state index contributed by atoms with van der Waals surface area (Å²) < 4.78 is 15.8. The van der Waals surface area contributed by atoms with Gasteiger partial charge in [0.15, 0.2) is 17.3 Å². The van der Waals surface area contributed by atoms with E-state index in [2.05, 4.69) is 18.5 Å². The van der Waals surface area contributed by atoms with Crippen LogP contribution in [-0.4, -0.2) is 47.0 Å². The van der Waals surface area contributed by atoms with Crippen LogP contribution < -0.4 is 19.5 Å². The van der Waals surface area contributed by atoms with Crippen molar-refractivity contribution in [2.24, 2.45) is 0 Å². The Kier molecular flexibility index (Phi) is 20.5. The molecule has 0 saturated heterocycles. The number of carbonyl (C=O) groups is 2. The standard InChI is InChI=1S/C12H19NO3.C12H16O.C9H8O/c1-13-6-5-9-7-10(14-2)12(16-4)11(8-9)15-3;1-4-7-11(6-3)9-10-12(13)8-5-2;10-8-4-7-9-5-2-1-3-6-9/h7-8,13H,5-6H2,1-4H3;4,6-7,9-10H,1,3,5,8H2,2H3;1-8H/b;10-9+,11-7+;7-4+. The zero-order valence-electron chi connectivity index (χ0n) is 23.9. The van der Waals surface area contributed by atoms with Crippen LogP contribution in [0.5, 0.6) is 17.2 Å². The number of hydrogen-bond donors (Lipinski definition) is 1. The van der Waals surface area contributed by atoms with Crippen molar-refractivity contribution in [1.29, 1.82) is 0 Å². The Bertz CT molecular complexity index is 1060. The first kappa shape index (κ1) is 34.8. The van der Waals surface area contributed by atoms with Crippen molar-refractivity contribution in [3.63, 3.8) is 0 Å². The Hall–Kier alpha value is -4.16. The predicted octanol–water partition coefficient (Wildman–Crippen LogP) is 6.58. The molecule has 210 valence electrons. The molecule has 0 saturated carbocycles. The first-order valence-electron chi connectivity index (χ1n) is 12.7. The van der Waals surface area contributed by atoms with Gasteiger partial charge in [0.1, 0.15) is 6.29 Å². The second-order valence-corrected chi connectivity index (χ2v) is 7.95. The van der Waals surface area contributed by atoms with Crippen LogP contribution in [-0.2, 0) is 16.0 Å². The minimum atomic E-state index is 0.152. The summed E-state index contributed by atoms with van der Waals surface area (Å²) in [6.45, 7) is 10.1. The Morgan fingerprint density at radius 2 is 1.62 bits per heavy atom. The van der Waals surface area contributed by atoms with Gasteiger partial charge in [-0.1, -0.05) is 80.8 Å². The monoisotopic (exact) mass is 533 g/mol. The average molecular weight is 534 g/mol. The van der Waals surface area contributed by atoms with Gasteiger partial charge in [0.2, 0.25) is 5.75 Å². The molecule has 2 aromatic carbocycles. The lowest BCUT2D eigenvalue weighted by Crippen LogP contribution is -2.10. The van der Waals surface area contributed by atoms with Gasteiger partial charge in [-0.2, -0.15) is 0 Å². The van der Waals surface area contributed by atoms with Gasteiger partial charge in [-0.15, -0.1) is 0 Å². The fraction of sp³-hybridized carbons (Fsp3) is 0.273. The molecule has 0 fully saturated rings. The summed E-state index contributed by atoms with van der Waals surface area (Å²) in [7, 11) is 6.78. The molecule has 6 heteroatoms. The molecule has 39 heavy (non-hydrogen) atoms. The number of hydrogen-bond acceptors (Lipinski definition) is 6. The van der Waals surface area contributed by atoms with Gasteiger partial charge in [0.25, 0.3) is 0 Å². The largest absolute Gasteiger partial charge is 0.493 e. The van der Waals surface area contributed by atoms with Gasteiger partial charge in [0.05, 0.1) is 21.3 Å². The summed E-state index contributed by atoms with van der Waals surface area (Å²) in [5, 5.41) is 3.11. The summed E-state index contributed by atoms with van der Waals surface area (Å²) in [4.78, 5) is 21.0. The fourth-order valence-corrected chi connectivity index (χ4v) is 3.11. The summed E-state index contributed by atoms with van der Waals surface area (Å²) in [5.74, 6) is 2.19. The fourth-order valence-electron chi connectivity index (χ4n) is 3.11. The van der Waals surface area contributed by atoms with Crippen LogP contribution in [0.2, 0.25) is 0 Å². The quantitative estimate of drug-likeness (QED) is 0.168. The molecular weight excluding hydrogens is 490 g/mol. The first-order valence-corrected chi connectivity index (χ1v) is 12.7. The van der Waals surface area contributed by atoms with Gasteiger partial charge in [-0.25, -0.2) is 0 Å². The van der Waals surface area contributed by atoms with Crippen molar-refractivity contribution in [1.82, 2.24) is 5.32 Å². The molecule has 0 bridgehead atoms. The number of aldehydes is 1. The molecule has 0 aromatic heterocycles. The molecule has 0 amide bonds. The molecule has 6 nitrogen and oxygen atoms in total. The van der Waals surface area contributed by atoms with Crippen molar-refractivity contribution < 1.29 is 23.8 Å². The highest BCUT2D eigenvalue weighted by Gasteiger charge is 2.12. The average Bonchev–Trinajstić information content (AvgIpc) is 2.97. The second-order valence-electron chi connectivity index (χ2n) is 7.95. The number of ketones is 1. The van der Waals surface area contributed by atoms with E-state index >= 15 is 0 Å². The molecule has 0 unspecified atom stereocenters. The lowest BCUT2D eigenvalue weighted by Gasteiger charge is -2.14. The van der Waals surface area contributed by atoms with E-state index in [0.717, 1.165) is 42.4 Å². The SMILES string of the molecule is C=C/C=C(C=C)/C=C/C(=O)CCC.CNCCc1cc(OC)c(OC)c(OC)c1.O=C/C=C/c1ccccc1. The van der Waals surface area contributed by atoms with Crippen LogP contribution in [0.25, 0.3) is 6.08 Å². The molecule has 2 aromatic rings. The van der Waals surface area contributed by atoms with Crippen LogP contribution in [0.4, 0.5) is 0 Å². The summed E-state index contributed by atoms with van der Waals surface area (Å²) >= 11 is 0. The van der Waals surface area contributed by atoms with Gasteiger partial charge < -0.3 is 19.5 Å². The van der Waals surface area contributed by atoms with Crippen LogP contribution in [0.15, 0.2) is 97.7 Å². The van der Waals surface area contributed by atoms with Crippen molar-refractivity contribution in [2.45, 2.75) is 26.2 Å². The van der Waals surface area contributed by atoms with Crippen LogP contribution in [0.3, 0.4) is 0 Å². The van der Waals surface area contributed by atoms with Crippen LogP contribution in [0.1, 0.15) is 30.9 Å². The third-order valence-electron chi connectivity index (χ3n) is 5.06. The molecule has 0 radical (unpaired) electrons. The van der Waals surface area contributed by atoms with Crippen LogP contribution >= 0.6 is 0 Å². The number of ether oxygens (including phenoxy) is 3. The summed E-state index contributed by atoms with van der Waals surface area (Å²) in [5.41, 5.74) is 3.11. The lowest BCUT2D eigenvalue weighted by atomic mass is 10.1. The van der Waals surface area contributed by atoms with E-state index in [0.29, 0.717) is 23.7 Å². The molecule has 0 atom stereocenters. The topological polar surface area (TPSA) is 73.9 Å². The summed E-state index contributed by atoms with van der Waals surface area (Å²) in [6.07, 6.45) is 15.0. The van der Waals surface area contributed by atoms with Crippen molar-refractivity contribution in [3.8, 4) is 17.2 Å². The van der Waals surface area contributed by atoms with Crippen molar-refractivity contribution in [2.75, 3.05) is 34.9 Å². The lowest BCUT2D eigenvalue weighted by molar-refractivity contribution is -0.114. The Morgan fingerprint density at radius 3 is 2.08 bits per heavy atom. The number of carbonyl (C=O) groups excluding carboxylic acids is 2. The maximum atomic E-state index is 11.1. The highest BCUT2D eigenvalue weighted by atomic mass is 16.5. The van der Waals surface area contributed by atoms with E-state index in [9.17, 15) is 9.59 Å². The van der Waals surface area contributed by atoms with E-state index in [1.54, 1.807) is 51.7 Å². The van der Waals surface area contributed by atoms with Gasteiger partial charge in [0, 0.05) is 6.42 Å². The minimum absolute atomic E-state index is 0.152. The number of nitrogens with one attached hydrogen (secondary N) is 1. The van der Waals surface area contributed by atoms with Gasteiger partial charge in [-0.3, -0.25) is 9.59 Å². The van der Waals surface area contributed by atoms with Crippen molar-refractivity contribution in [3.05, 3.63) is 109 Å². The molecule has 0 heterocycles. The highest BCUT2D eigenvalue weighted by Crippen LogP contribution is 2.38. The maximum Gasteiger partial charge on any atom is 0.203 e. The first-order chi connectivity index (χ1) is 18.9. The number of likely N-dealkylation sites (N-methyl/N-ethyl adjacent to an activating group) is 1. The zero-order chi connectivity index (χ0) is 29.3. The highest BCUT2D eigenvalue weighted by molar-refractivity contribution is 5.90. The molecule has 0 aliphatic rings. The van der Waals surface area contributed by atoms with E-state index in [1.165, 1.54) is 6.08 Å². The summed E-state index contributed by atoms with van der Waals surface area (Å²) in [6, 6.07) is 13.6. The van der Waals surface area contributed by atoms with E-state index in [4.69, 9.17) is 14.2 Å². The third-order valence-corrected chi connectivity index (χ3v) is 5.06. The maximum absolute atomic E-state index is 11.1. The van der Waals surface area contributed by atoms with Crippen LogP contribution in [0, 0.1) is 0 Å². The molecule has 0 spiro atoms. The van der Waals surface area contributed by atoms with E-state index in [-0.39, 0.29) is 5.78 Å².